The second-order valence-electron chi connectivity index (χ2n) is 4.48. The van der Waals surface area contributed by atoms with Gasteiger partial charge in [0, 0.05) is 11.8 Å². The van der Waals surface area contributed by atoms with Crippen molar-refractivity contribution in [2.24, 2.45) is 0 Å². The Hall–Kier alpha value is -1.81. The molecule has 2 heterocycles. The molecule has 0 aliphatic heterocycles. The predicted octanol–water partition coefficient (Wildman–Crippen LogP) is 3.00. The van der Waals surface area contributed by atoms with Gasteiger partial charge in [-0.15, -0.1) is 0 Å². The molecule has 0 aliphatic rings. The molecule has 0 saturated heterocycles. The second kappa shape index (κ2) is 5.89. The summed E-state index contributed by atoms with van der Waals surface area (Å²) in [5.41, 5.74) is 2.20. The average molecular weight is 260 g/mol. The Morgan fingerprint density at radius 2 is 2.11 bits per heavy atom. The molecule has 0 fully saturated rings. The molecule has 1 atom stereocenters. The van der Waals surface area contributed by atoms with Gasteiger partial charge >= 0.3 is 0 Å². The van der Waals surface area contributed by atoms with E-state index in [1.807, 2.05) is 40.1 Å². The Labute approximate surface area is 113 Å². The summed E-state index contributed by atoms with van der Waals surface area (Å²) >= 11 is 0. The summed E-state index contributed by atoms with van der Waals surface area (Å²) in [7, 11) is 1.93. The fourth-order valence-electron chi connectivity index (χ4n) is 2.28. The van der Waals surface area contributed by atoms with Crippen LogP contribution in [0.1, 0.15) is 35.6 Å². The van der Waals surface area contributed by atoms with E-state index in [2.05, 4.69) is 16.4 Å². The molecule has 2 aromatic heterocycles. The van der Waals surface area contributed by atoms with Crippen molar-refractivity contribution < 1.29 is 9.15 Å². The highest BCUT2D eigenvalue weighted by atomic mass is 16.5. The van der Waals surface area contributed by atoms with Gasteiger partial charge in [-0.1, -0.05) is 0 Å². The number of aromatic nitrogens is 1. The minimum Gasteiger partial charge on any atom is -0.492 e. The third-order valence-electron chi connectivity index (χ3n) is 3.06. The van der Waals surface area contributed by atoms with E-state index in [0.29, 0.717) is 6.61 Å². The molecule has 0 radical (unpaired) electrons. The van der Waals surface area contributed by atoms with E-state index in [1.54, 1.807) is 6.20 Å². The van der Waals surface area contributed by atoms with Crippen molar-refractivity contribution >= 4 is 0 Å². The first-order valence-electron chi connectivity index (χ1n) is 6.47. The molecule has 0 amide bonds. The quantitative estimate of drug-likeness (QED) is 0.897. The molecule has 0 bridgehead atoms. The van der Waals surface area contributed by atoms with Crippen LogP contribution in [-0.4, -0.2) is 18.6 Å². The Morgan fingerprint density at radius 3 is 2.68 bits per heavy atom. The van der Waals surface area contributed by atoms with Crippen LogP contribution in [0.3, 0.4) is 0 Å². The Bertz CT molecular complexity index is 549. The summed E-state index contributed by atoms with van der Waals surface area (Å²) in [6.07, 6.45) is 3.58. The average Bonchev–Trinajstić information content (AvgIpc) is 2.71. The number of furan rings is 1. The van der Waals surface area contributed by atoms with E-state index in [4.69, 9.17) is 9.15 Å². The van der Waals surface area contributed by atoms with Crippen LogP contribution in [0.2, 0.25) is 0 Å². The van der Waals surface area contributed by atoms with E-state index >= 15 is 0 Å². The lowest BCUT2D eigenvalue weighted by molar-refractivity contribution is 0.338. The van der Waals surface area contributed by atoms with Crippen LogP contribution in [0.15, 0.2) is 28.9 Å². The molecule has 102 valence electrons. The van der Waals surface area contributed by atoms with Gasteiger partial charge in [0.15, 0.2) is 0 Å². The Balaban J connectivity index is 2.36. The maximum atomic E-state index is 5.60. The van der Waals surface area contributed by atoms with Gasteiger partial charge in [-0.2, -0.15) is 0 Å². The van der Waals surface area contributed by atoms with Crippen molar-refractivity contribution in [2.45, 2.75) is 26.8 Å². The molecule has 0 spiro atoms. The van der Waals surface area contributed by atoms with Gasteiger partial charge in [0.25, 0.3) is 0 Å². The molecule has 0 saturated carbocycles. The molecular formula is C15H20N2O2. The summed E-state index contributed by atoms with van der Waals surface area (Å²) in [6, 6.07) is 4.13. The summed E-state index contributed by atoms with van der Waals surface area (Å²) in [6.45, 7) is 6.54. The van der Waals surface area contributed by atoms with Crippen molar-refractivity contribution in [3.63, 3.8) is 0 Å². The highest BCUT2D eigenvalue weighted by molar-refractivity contribution is 5.36. The minimum atomic E-state index is 0.0605. The summed E-state index contributed by atoms with van der Waals surface area (Å²) in [4.78, 5) is 4.24. The number of rotatable bonds is 5. The molecule has 1 unspecified atom stereocenters. The van der Waals surface area contributed by atoms with Gasteiger partial charge < -0.3 is 14.5 Å². The lowest BCUT2D eigenvalue weighted by Crippen LogP contribution is -2.18. The maximum Gasteiger partial charge on any atom is 0.137 e. The zero-order valence-corrected chi connectivity index (χ0v) is 11.9. The first-order chi connectivity index (χ1) is 9.15. The lowest BCUT2D eigenvalue weighted by Gasteiger charge is -2.16. The molecule has 19 heavy (non-hydrogen) atoms. The van der Waals surface area contributed by atoms with Crippen LogP contribution in [0.4, 0.5) is 0 Å². The van der Waals surface area contributed by atoms with Crippen molar-refractivity contribution in [3.8, 4) is 5.75 Å². The molecule has 1 N–H and O–H groups in total. The molecular weight excluding hydrogens is 240 g/mol. The maximum absolute atomic E-state index is 5.60. The summed E-state index contributed by atoms with van der Waals surface area (Å²) in [5.74, 6) is 2.64. The molecule has 0 aliphatic carbocycles. The summed E-state index contributed by atoms with van der Waals surface area (Å²) in [5, 5.41) is 3.30. The van der Waals surface area contributed by atoms with Gasteiger partial charge in [0.1, 0.15) is 17.3 Å². The second-order valence-corrected chi connectivity index (χ2v) is 4.48. The fourth-order valence-corrected chi connectivity index (χ4v) is 2.28. The van der Waals surface area contributed by atoms with Crippen LogP contribution < -0.4 is 10.1 Å². The zero-order chi connectivity index (χ0) is 13.8. The molecule has 4 nitrogen and oxygen atoms in total. The molecule has 4 heteroatoms. The largest absolute Gasteiger partial charge is 0.492 e. The Morgan fingerprint density at radius 1 is 1.32 bits per heavy atom. The first kappa shape index (κ1) is 13.6. The van der Waals surface area contributed by atoms with Gasteiger partial charge in [0.05, 0.1) is 18.8 Å². The van der Waals surface area contributed by atoms with Gasteiger partial charge in [-0.25, -0.2) is 0 Å². The molecule has 0 aromatic carbocycles. The molecule has 2 aromatic rings. The van der Waals surface area contributed by atoms with E-state index in [9.17, 15) is 0 Å². The highest BCUT2D eigenvalue weighted by Gasteiger charge is 2.18. The number of pyridine rings is 1. The first-order valence-corrected chi connectivity index (χ1v) is 6.47. The standard InChI is InChI=1S/C15H20N2O2/c1-5-18-13-7-12(8-17-9-13)15(16-4)14-6-10(2)19-11(14)3/h6-9,15-16H,5H2,1-4H3. The smallest absolute Gasteiger partial charge is 0.137 e. The van der Waals surface area contributed by atoms with Gasteiger partial charge in [-0.3, -0.25) is 4.98 Å². The highest BCUT2D eigenvalue weighted by Crippen LogP contribution is 2.28. The van der Waals surface area contributed by atoms with Crippen LogP contribution in [0, 0.1) is 13.8 Å². The van der Waals surface area contributed by atoms with Crippen molar-refractivity contribution in [1.82, 2.24) is 10.3 Å². The van der Waals surface area contributed by atoms with E-state index in [-0.39, 0.29) is 6.04 Å². The zero-order valence-electron chi connectivity index (χ0n) is 11.9. The van der Waals surface area contributed by atoms with Crippen LogP contribution in [0.25, 0.3) is 0 Å². The summed E-state index contributed by atoms with van der Waals surface area (Å²) < 4.78 is 11.1. The van der Waals surface area contributed by atoms with E-state index < -0.39 is 0 Å². The number of nitrogens with one attached hydrogen (secondary N) is 1. The number of nitrogens with zero attached hydrogens (tertiary/aromatic N) is 1. The van der Waals surface area contributed by atoms with Crippen LogP contribution in [0.5, 0.6) is 5.75 Å². The lowest BCUT2D eigenvalue weighted by atomic mass is 10.0. The number of hydrogen-bond donors (Lipinski definition) is 1. The monoisotopic (exact) mass is 260 g/mol. The Kier molecular flexibility index (Phi) is 4.22. The van der Waals surface area contributed by atoms with Crippen LogP contribution >= 0.6 is 0 Å². The van der Waals surface area contributed by atoms with Crippen LogP contribution in [-0.2, 0) is 0 Å². The van der Waals surface area contributed by atoms with Crippen molar-refractivity contribution in [3.05, 3.63) is 47.2 Å². The SMILES string of the molecule is CCOc1cncc(C(NC)c2cc(C)oc2C)c1. The third kappa shape index (κ3) is 2.96. The van der Waals surface area contributed by atoms with E-state index in [1.165, 1.54) is 0 Å². The molecule has 2 rings (SSSR count). The number of ether oxygens (including phenoxy) is 1. The fraction of sp³-hybridized carbons (Fsp3) is 0.400. The van der Waals surface area contributed by atoms with Gasteiger partial charge in [-0.05, 0) is 45.5 Å². The topological polar surface area (TPSA) is 47.3 Å². The van der Waals surface area contributed by atoms with Crippen molar-refractivity contribution in [1.29, 1.82) is 0 Å². The van der Waals surface area contributed by atoms with Gasteiger partial charge in [0.2, 0.25) is 0 Å². The number of hydrogen-bond acceptors (Lipinski definition) is 4. The third-order valence-corrected chi connectivity index (χ3v) is 3.06. The number of aryl methyl sites for hydroxylation is 2. The van der Waals surface area contributed by atoms with E-state index in [0.717, 1.165) is 28.4 Å². The normalized spacial score (nSPS) is 12.4. The minimum absolute atomic E-state index is 0.0605. The van der Waals surface area contributed by atoms with Crippen molar-refractivity contribution in [2.75, 3.05) is 13.7 Å². The predicted molar refractivity (Wildman–Crippen MR) is 74.5 cm³/mol.